The van der Waals surface area contributed by atoms with Crippen molar-refractivity contribution in [2.45, 2.75) is 13.3 Å². The lowest BCUT2D eigenvalue weighted by atomic mass is 10.1. The smallest absolute Gasteiger partial charge is 0.339 e. The first-order valence-electron chi connectivity index (χ1n) is 5.45. The summed E-state index contributed by atoms with van der Waals surface area (Å²) in [5.74, 6) is -1.19. The van der Waals surface area contributed by atoms with Crippen LogP contribution in [0, 0.1) is 17.2 Å². The number of amides is 1. The topological polar surface area (TPSA) is 79.2 Å². The fraction of sp³-hybridized carbons (Fsp3) is 0.308. The van der Waals surface area contributed by atoms with Gasteiger partial charge in [0.15, 0.2) is 0 Å². The Morgan fingerprint density at radius 2 is 2.11 bits per heavy atom. The number of carbonyl (C=O) groups is 2. The Hall–Kier alpha value is -2.35. The number of rotatable bonds is 4. The van der Waals surface area contributed by atoms with E-state index in [4.69, 9.17) is 5.26 Å². The Bertz CT molecular complexity index is 491. The first-order chi connectivity index (χ1) is 8.58. The van der Waals surface area contributed by atoms with E-state index in [1.54, 1.807) is 31.2 Å². The summed E-state index contributed by atoms with van der Waals surface area (Å²) in [6, 6.07) is 8.54. The fourth-order valence-corrected chi connectivity index (χ4v) is 1.41. The molecular formula is C13H14N2O3. The van der Waals surface area contributed by atoms with Gasteiger partial charge in [0.1, 0.15) is 0 Å². The summed E-state index contributed by atoms with van der Waals surface area (Å²) in [5, 5.41) is 11.2. The highest BCUT2D eigenvalue weighted by Crippen LogP contribution is 2.16. The fourth-order valence-electron chi connectivity index (χ4n) is 1.41. The minimum Gasteiger partial charge on any atom is -0.465 e. The minimum atomic E-state index is -0.515. The van der Waals surface area contributed by atoms with E-state index in [-0.39, 0.29) is 23.8 Å². The normalized spacial score (nSPS) is 11.2. The van der Waals surface area contributed by atoms with Crippen LogP contribution in [0.2, 0.25) is 0 Å². The molecular weight excluding hydrogens is 232 g/mol. The molecule has 0 aliphatic rings. The van der Waals surface area contributed by atoms with E-state index in [1.807, 2.05) is 6.07 Å². The number of nitrogens with zero attached hydrogens (tertiary/aromatic N) is 1. The summed E-state index contributed by atoms with van der Waals surface area (Å²) < 4.78 is 4.62. The average Bonchev–Trinajstić information content (AvgIpc) is 2.38. The summed E-state index contributed by atoms with van der Waals surface area (Å²) in [6.45, 7) is 1.66. The van der Waals surface area contributed by atoms with Crippen LogP contribution in [0.3, 0.4) is 0 Å². The van der Waals surface area contributed by atoms with Gasteiger partial charge in [0.05, 0.1) is 30.3 Å². The Morgan fingerprint density at radius 3 is 2.72 bits per heavy atom. The maximum atomic E-state index is 11.6. The molecule has 1 amide bonds. The van der Waals surface area contributed by atoms with Gasteiger partial charge in [-0.15, -0.1) is 0 Å². The minimum absolute atomic E-state index is 0.0893. The van der Waals surface area contributed by atoms with E-state index in [1.165, 1.54) is 7.11 Å². The van der Waals surface area contributed by atoms with E-state index in [0.29, 0.717) is 5.69 Å². The summed E-state index contributed by atoms with van der Waals surface area (Å²) in [6.07, 6.45) is 0.0893. The quantitative estimate of drug-likeness (QED) is 0.823. The largest absolute Gasteiger partial charge is 0.465 e. The molecule has 1 aromatic rings. The lowest BCUT2D eigenvalue weighted by Gasteiger charge is -2.09. The lowest BCUT2D eigenvalue weighted by Crippen LogP contribution is -2.17. The Balaban J connectivity index is 2.82. The third-order valence-electron chi connectivity index (χ3n) is 2.32. The van der Waals surface area contributed by atoms with Crippen molar-refractivity contribution in [3.63, 3.8) is 0 Å². The molecule has 0 heterocycles. The van der Waals surface area contributed by atoms with Crippen LogP contribution in [0.15, 0.2) is 24.3 Å². The second-order valence-corrected chi connectivity index (χ2v) is 3.82. The summed E-state index contributed by atoms with van der Waals surface area (Å²) in [5.41, 5.74) is 0.678. The highest BCUT2D eigenvalue weighted by atomic mass is 16.5. The molecule has 5 heteroatoms. The van der Waals surface area contributed by atoms with Crippen LogP contribution in [0.1, 0.15) is 23.7 Å². The molecule has 0 bridgehead atoms. The number of ether oxygens (including phenoxy) is 1. The van der Waals surface area contributed by atoms with Gasteiger partial charge in [0.2, 0.25) is 5.91 Å². The zero-order valence-electron chi connectivity index (χ0n) is 10.3. The first-order valence-corrected chi connectivity index (χ1v) is 5.45. The highest BCUT2D eigenvalue weighted by Gasteiger charge is 2.14. The third-order valence-corrected chi connectivity index (χ3v) is 2.32. The van der Waals surface area contributed by atoms with Crippen LogP contribution in [0.25, 0.3) is 0 Å². The molecule has 1 rings (SSSR count). The summed E-state index contributed by atoms with van der Waals surface area (Å²) in [7, 11) is 1.28. The molecule has 0 saturated heterocycles. The number of nitrogens with one attached hydrogen (secondary N) is 1. The van der Waals surface area contributed by atoms with Crippen molar-refractivity contribution in [1.82, 2.24) is 0 Å². The lowest BCUT2D eigenvalue weighted by molar-refractivity contribution is -0.116. The number of anilines is 1. The molecule has 0 radical (unpaired) electrons. The average molecular weight is 246 g/mol. The van der Waals surface area contributed by atoms with Crippen molar-refractivity contribution < 1.29 is 14.3 Å². The van der Waals surface area contributed by atoms with Gasteiger partial charge in [-0.3, -0.25) is 4.79 Å². The van der Waals surface area contributed by atoms with E-state index in [9.17, 15) is 9.59 Å². The predicted octanol–water partition coefficient (Wildman–Crippen LogP) is 1.96. The van der Waals surface area contributed by atoms with Gasteiger partial charge in [0.25, 0.3) is 0 Å². The molecule has 0 saturated carbocycles. The first kappa shape index (κ1) is 13.7. The second-order valence-electron chi connectivity index (χ2n) is 3.82. The zero-order valence-corrected chi connectivity index (χ0v) is 10.3. The predicted molar refractivity (Wildman–Crippen MR) is 65.8 cm³/mol. The van der Waals surface area contributed by atoms with Gasteiger partial charge >= 0.3 is 5.97 Å². The molecule has 0 aliphatic heterocycles. The molecule has 1 unspecified atom stereocenters. The van der Waals surface area contributed by atoms with Gasteiger partial charge < -0.3 is 10.1 Å². The van der Waals surface area contributed by atoms with Crippen LogP contribution in [0.4, 0.5) is 5.69 Å². The van der Waals surface area contributed by atoms with E-state index >= 15 is 0 Å². The number of methoxy groups -OCH3 is 1. The second kappa shape index (κ2) is 6.40. The highest BCUT2D eigenvalue weighted by molar-refractivity contribution is 6.01. The number of para-hydroxylation sites is 1. The van der Waals surface area contributed by atoms with E-state index in [2.05, 4.69) is 10.1 Å². The number of esters is 1. The molecule has 0 spiro atoms. The zero-order chi connectivity index (χ0) is 13.5. The number of nitriles is 1. The molecule has 0 aromatic heterocycles. The number of carbonyl (C=O) groups excluding carboxylic acids is 2. The summed E-state index contributed by atoms with van der Waals surface area (Å²) in [4.78, 5) is 23.1. The van der Waals surface area contributed by atoms with Crippen molar-refractivity contribution in [2.24, 2.45) is 5.92 Å². The monoisotopic (exact) mass is 246 g/mol. The van der Waals surface area contributed by atoms with E-state index < -0.39 is 5.97 Å². The van der Waals surface area contributed by atoms with Crippen LogP contribution < -0.4 is 5.32 Å². The van der Waals surface area contributed by atoms with Crippen LogP contribution >= 0.6 is 0 Å². The molecule has 18 heavy (non-hydrogen) atoms. The molecule has 1 N–H and O–H groups in total. The third kappa shape index (κ3) is 3.59. The van der Waals surface area contributed by atoms with Gasteiger partial charge in [-0.1, -0.05) is 12.1 Å². The van der Waals surface area contributed by atoms with Crippen LogP contribution in [-0.2, 0) is 9.53 Å². The van der Waals surface area contributed by atoms with Gasteiger partial charge in [0, 0.05) is 6.42 Å². The molecule has 1 aromatic carbocycles. The van der Waals surface area contributed by atoms with Crippen molar-refractivity contribution in [3.05, 3.63) is 29.8 Å². The Labute approximate surface area is 105 Å². The van der Waals surface area contributed by atoms with Crippen molar-refractivity contribution in [2.75, 3.05) is 12.4 Å². The van der Waals surface area contributed by atoms with Crippen molar-refractivity contribution in [3.8, 4) is 6.07 Å². The molecule has 5 nitrogen and oxygen atoms in total. The molecule has 1 atom stereocenters. The number of hydrogen-bond acceptors (Lipinski definition) is 4. The van der Waals surface area contributed by atoms with Gasteiger partial charge in [-0.05, 0) is 19.1 Å². The van der Waals surface area contributed by atoms with Crippen LogP contribution in [0.5, 0.6) is 0 Å². The number of benzene rings is 1. The Kier molecular flexibility index (Phi) is 4.88. The van der Waals surface area contributed by atoms with E-state index in [0.717, 1.165) is 0 Å². The van der Waals surface area contributed by atoms with Gasteiger partial charge in [-0.25, -0.2) is 4.79 Å². The summed E-state index contributed by atoms with van der Waals surface area (Å²) >= 11 is 0. The standard InChI is InChI=1S/C13H14N2O3/c1-9(8-14)7-12(16)15-11-6-4-3-5-10(11)13(17)18-2/h3-6,9H,7H2,1-2H3,(H,15,16). The van der Waals surface area contributed by atoms with Gasteiger partial charge in [-0.2, -0.15) is 5.26 Å². The molecule has 0 fully saturated rings. The van der Waals surface area contributed by atoms with Crippen LogP contribution in [-0.4, -0.2) is 19.0 Å². The SMILES string of the molecule is COC(=O)c1ccccc1NC(=O)CC(C)C#N. The molecule has 0 aliphatic carbocycles. The Morgan fingerprint density at radius 1 is 1.44 bits per heavy atom. The maximum Gasteiger partial charge on any atom is 0.339 e. The maximum absolute atomic E-state index is 11.6. The van der Waals surface area contributed by atoms with Crippen molar-refractivity contribution in [1.29, 1.82) is 5.26 Å². The van der Waals surface area contributed by atoms with Crippen molar-refractivity contribution >= 4 is 17.6 Å². The molecule has 94 valence electrons. The number of hydrogen-bond donors (Lipinski definition) is 1.